The molecule has 0 aromatic heterocycles. The Bertz CT molecular complexity index is 1050. The molecule has 2 N–H and O–H groups in total. The quantitative estimate of drug-likeness (QED) is 0.386. The lowest BCUT2D eigenvalue weighted by Crippen LogP contribution is -2.59. The summed E-state index contributed by atoms with van der Waals surface area (Å²) >= 11 is 0. The van der Waals surface area contributed by atoms with Gasteiger partial charge in [-0.15, -0.1) is 0 Å². The first kappa shape index (κ1) is 29.2. The number of para-hydroxylation sites is 1. The molecule has 7 nitrogen and oxygen atoms in total. The highest BCUT2D eigenvalue weighted by molar-refractivity contribution is 5.95. The van der Waals surface area contributed by atoms with Crippen molar-refractivity contribution in [2.75, 3.05) is 25.0 Å². The first-order valence-corrected chi connectivity index (χ1v) is 14.1. The Morgan fingerprint density at radius 1 is 0.921 bits per heavy atom. The number of anilines is 1. The van der Waals surface area contributed by atoms with Gasteiger partial charge in [0.05, 0.1) is 0 Å². The van der Waals surface area contributed by atoms with Gasteiger partial charge in [0.15, 0.2) is 0 Å². The van der Waals surface area contributed by atoms with Crippen LogP contribution < -0.4 is 10.6 Å². The van der Waals surface area contributed by atoms with Crippen molar-refractivity contribution < 1.29 is 14.4 Å². The Hall–Kier alpha value is -3.35. The molecule has 4 amide bonds. The van der Waals surface area contributed by atoms with Crippen LogP contribution in [0.2, 0.25) is 0 Å². The van der Waals surface area contributed by atoms with Gasteiger partial charge >= 0.3 is 6.03 Å². The van der Waals surface area contributed by atoms with Gasteiger partial charge in [0.2, 0.25) is 11.8 Å². The van der Waals surface area contributed by atoms with Crippen molar-refractivity contribution in [1.82, 2.24) is 15.1 Å². The van der Waals surface area contributed by atoms with Gasteiger partial charge in [0, 0.05) is 44.2 Å². The van der Waals surface area contributed by atoms with Gasteiger partial charge in [-0.2, -0.15) is 0 Å². The molecule has 0 bridgehead atoms. The number of benzene rings is 2. The minimum absolute atomic E-state index is 0.0586. The fraction of sp³-hybridized carbons (Fsp3) is 0.516. The number of urea groups is 1. The third kappa shape index (κ3) is 8.33. The Morgan fingerprint density at radius 2 is 1.61 bits per heavy atom. The highest BCUT2D eigenvalue weighted by atomic mass is 16.2. The SMILES string of the molecule is CCCCCCCC(=O)N1CCN(C(=O)C(Cc2ccccc2)NC(=O)Nc2c(C)cccc2C)CC1C. The van der Waals surface area contributed by atoms with Crippen LogP contribution in [-0.2, 0) is 16.0 Å². The Morgan fingerprint density at radius 3 is 2.26 bits per heavy atom. The van der Waals surface area contributed by atoms with Gasteiger partial charge in [0.1, 0.15) is 6.04 Å². The summed E-state index contributed by atoms with van der Waals surface area (Å²) in [5, 5.41) is 5.88. The van der Waals surface area contributed by atoms with Gasteiger partial charge in [-0.1, -0.05) is 81.1 Å². The summed E-state index contributed by atoms with van der Waals surface area (Å²) in [7, 11) is 0. The lowest BCUT2D eigenvalue weighted by atomic mass is 10.0. The number of hydrogen-bond donors (Lipinski definition) is 2. The molecule has 1 aliphatic heterocycles. The maximum atomic E-state index is 13.7. The van der Waals surface area contributed by atoms with Crippen LogP contribution in [0.1, 0.15) is 69.1 Å². The third-order valence-corrected chi connectivity index (χ3v) is 7.36. The Kier molecular flexibility index (Phi) is 11.2. The highest BCUT2D eigenvalue weighted by Crippen LogP contribution is 2.20. The predicted octanol–water partition coefficient (Wildman–Crippen LogP) is 5.46. The van der Waals surface area contributed by atoms with E-state index in [9.17, 15) is 14.4 Å². The average molecular weight is 521 g/mol. The van der Waals surface area contributed by atoms with Crippen LogP contribution in [-0.4, -0.2) is 59.4 Å². The summed E-state index contributed by atoms with van der Waals surface area (Å²) in [6.45, 7) is 9.54. The van der Waals surface area contributed by atoms with Gasteiger partial charge in [-0.3, -0.25) is 9.59 Å². The topological polar surface area (TPSA) is 81.8 Å². The van der Waals surface area contributed by atoms with Gasteiger partial charge in [0.25, 0.3) is 0 Å². The number of nitrogens with one attached hydrogen (secondary N) is 2. The molecule has 2 unspecified atom stereocenters. The predicted molar refractivity (Wildman–Crippen MR) is 153 cm³/mol. The second kappa shape index (κ2) is 14.6. The number of carbonyl (C=O) groups excluding carboxylic acids is 3. The van der Waals surface area contributed by atoms with E-state index in [0.717, 1.165) is 35.2 Å². The molecule has 0 aliphatic carbocycles. The van der Waals surface area contributed by atoms with E-state index in [2.05, 4.69) is 17.6 Å². The number of rotatable bonds is 11. The van der Waals surface area contributed by atoms with Crippen LogP contribution in [0.3, 0.4) is 0 Å². The number of aryl methyl sites for hydroxylation is 2. The van der Waals surface area contributed by atoms with Crippen molar-refractivity contribution in [2.24, 2.45) is 0 Å². The van der Waals surface area contributed by atoms with Gasteiger partial charge in [-0.25, -0.2) is 4.79 Å². The minimum atomic E-state index is -0.713. The summed E-state index contributed by atoms with van der Waals surface area (Å²) in [6, 6.07) is 14.4. The van der Waals surface area contributed by atoms with E-state index >= 15 is 0 Å². The van der Waals surface area contributed by atoms with Gasteiger partial charge in [-0.05, 0) is 43.9 Å². The first-order chi connectivity index (χ1) is 18.3. The van der Waals surface area contributed by atoms with Crippen molar-refractivity contribution in [2.45, 2.75) is 84.7 Å². The number of piperazine rings is 1. The molecule has 38 heavy (non-hydrogen) atoms. The first-order valence-electron chi connectivity index (χ1n) is 14.1. The largest absolute Gasteiger partial charge is 0.337 e. The molecule has 2 aromatic carbocycles. The summed E-state index contributed by atoms with van der Waals surface area (Å²) in [6.07, 6.45) is 6.55. The molecule has 0 saturated carbocycles. The van der Waals surface area contributed by atoms with E-state index in [1.165, 1.54) is 19.3 Å². The minimum Gasteiger partial charge on any atom is -0.337 e. The second-order valence-electron chi connectivity index (χ2n) is 10.5. The van der Waals surface area contributed by atoms with Crippen LogP contribution in [0.4, 0.5) is 10.5 Å². The smallest absolute Gasteiger partial charge is 0.319 e. The molecular formula is C31H44N4O3. The monoisotopic (exact) mass is 520 g/mol. The maximum Gasteiger partial charge on any atom is 0.319 e. The molecule has 2 aromatic rings. The molecule has 3 rings (SSSR count). The Balaban J connectivity index is 1.64. The Labute approximate surface area is 228 Å². The van der Waals surface area contributed by atoms with Crippen LogP contribution >= 0.6 is 0 Å². The van der Waals surface area contributed by atoms with Crippen molar-refractivity contribution in [1.29, 1.82) is 0 Å². The zero-order valence-corrected chi connectivity index (χ0v) is 23.5. The van der Waals surface area contributed by atoms with E-state index in [0.29, 0.717) is 32.5 Å². The van der Waals surface area contributed by atoms with E-state index in [4.69, 9.17) is 0 Å². The molecule has 1 aliphatic rings. The molecular weight excluding hydrogens is 476 g/mol. The third-order valence-electron chi connectivity index (χ3n) is 7.36. The molecule has 1 saturated heterocycles. The van der Waals surface area contributed by atoms with E-state index in [1.807, 2.05) is 74.2 Å². The van der Waals surface area contributed by atoms with Crippen LogP contribution in [0, 0.1) is 13.8 Å². The average Bonchev–Trinajstić information content (AvgIpc) is 2.90. The number of hydrogen-bond acceptors (Lipinski definition) is 3. The molecule has 206 valence electrons. The van der Waals surface area contributed by atoms with E-state index in [-0.39, 0.29) is 17.9 Å². The highest BCUT2D eigenvalue weighted by Gasteiger charge is 2.33. The van der Waals surface area contributed by atoms with Crippen LogP contribution in [0.5, 0.6) is 0 Å². The number of nitrogens with zero attached hydrogens (tertiary/aromatic N) is 2. The molecule has 1 fully saturated rings. The van der Waals surface area contributed by atoms with Crippen LogP contribution in [0.25, 0.3) is 0 Å². The lowest BCUT2D eigenvalue weighted by molar-refractivity contribution is -0.143. The molecule has 2 atom stereocenters. The maximum absolute atomic E-state index is 13.7. The van der Waals surface area contributed by atoms with E-state index < -0.39 is 12.1 Å². The summed E-state index contributed by atoms with van der Waals surface area (Å²) < 4.78 is 0. The molecule has 0 radical (unpaired) electrons. The number of amides is 4. The molecule has 1 heterocycles. The van der Waals surface area contributed by atoms with Gasteiger partial charge < -0.3 is 20.4 Å². The fourth-order valence-electron chi connectivity index (χ4n) is 5.14. The van der Waals surface area contributed by atoms with E-state index in [1.54, 1.807) is 4.90 Å². The zero-order valence-electron chi connectivity index (χ0n) is 23.5. The van der Waals surface area contributed by atoms with Crippen molar-refractivity contribution in [3.05, 3.63) is 65.2 Å². The summed E-state index contributed by atoms with van der Waals surface area (Å²) in [4.78, 5) is 43.3. The summed E-state index contributed by atoms with van der Waals surface area (Å²) in [5.74, 6) is 0.0528. The van der Waals surface area contributed by atoms with Crippen molar-refractivity contribution in [3.8, 4) is 0 Å². The van der Waals surface area contributed by atoms with Crippen LogP contribution in [0.15, 0.2) is 48.5 Å². The number of carbonyl (C=O) groups is 3. The molecule has 7 heteroatoms. The number of unbranched alkanes of at least 4 members (excludes halogenated alkanes) is 4. The fourth-order valence-corrected chi connectivity index (χ4v) is 5.14. The van der Waals surface area contributed by atoms with Crippen molar-refractivity contribution in [3.63, 3.8) is 0 Å². The standard InChI is InChI=1S/C31H44N4O3/c1-5-6-7-8-12-18-28(36)35-20-19-34(22-25(35)4)30(37)27(21-26-16-10-9-11-17-26)32-31(38)33-29-23(2)14-13-15-24(29)3/h9-11,13-17,25,27H,5-8,12,18-22H2,1-4H3,(H2,32,33,38). The molecule has 0 spiro atoms. The lowest BCUT2D eigenvalue weighted by Gasteiger charge is -2.41. The normalized spacial score (nSPS) is 16.2. The summed E-state index contributed by atoms with van der Waals surface area (Å²) in [5.41, 5.74) is 3.66. The zero-order chi connectivity index (χ0) is 27.5. The second-order valence-corrected chi connectivity index (χ2v) is 10.5. The van der Waals surface area contributed by atoms with Crippen molar-refractivity contribution >= 4 is 23.5 Å².